The second-order valence-corrected chi connectivity index (χ2v) is 7.28. The highest BCUT2D eigenvalue weighted by molar-refractivity contribution is 8.18. The molecule has 0 spiro atoms. The van der Waals surface area contributed by atoms with Crippen LogP contribution in [0.1, 0.15) is 12.5 Å². The summed E-state index contributed by atoms with van der Waals surface area (Å²) >= 11 is 0.682. The van der Waals surface area contributed by atoms with Crippen LogP contribution in [-0.2, 0) is 9.59 Å². The molecule has 0 saturated carbocycles. The van der Waals surface area contributed by atoms with Gasteiger partial charge in [-0.05, 0) is 54.6 Å². The summed E-state index contributed by atoms with van der Waals surface area (Å²) in [6.07, 6.45) is 1.50. The van der Waals surface area contributed by atoms with Crippen LogP contribution in [0.3, 0.4) is 0 Å². The summed E-state index contributed by atoms with van der Waals surface area (Å²) in [6.45, 7) is 1.63. The van der Waals surface area contributed by atoms with Crippen molar-refractivity contribution in [1.29, 1.82) is 0 Å². The standard InChI is InChI=1S/C21H18F2N2O5S/c1-3-30-17-8-12(4-7-16(17)29-2)9-18-20(27)25(21(28)31-18)11-19(26)24-15-6-5-13(22)10-14(15)23/h4-10H,3,11H2,1-2H3,(H,24,26). The van der Waals surface area contributed by atoms with Crippen molar-refractivity contribution < 1.29 is 32.6 Å². The Balaban J connectivity index is 1.73. The first-order chi connectivity index (χ1) is 14.8. The minimum absolute atomic E-state index is 0.123. The van der Waals surface area contributed by atoms with Crippen LogP contribution in [0.2, 0.25) is 0 Å². The van der Waals surface area contributed by atoms with Crippen molar-refractivity contribution >= 4 is 40.6 Å². The van der Waals surface area contributed by atoms with Gasteiger partial charge in [0.2, 0.25) is 5.91 Å². The Morgan fingerprint density at radius 1 is 1.16 bits per heavy atom. The maximum atomic E-state index is 13.7. The van der Waals surface area contributed by atoms with Gasteiger partial charge < -0.3 is 14.8 Å². The quantitative estimate of drug-likeness (QED) is 0.644. The number of anilines is 1. The maximum absolute atomic E-state index is 13.7. The smallest absolute Gasteiger partial charge is 0.294 e. The van der Waals surface area contributed by atoms with E-state index in [1.165, 1.54) is 13.2 Å². The van der Waals surface area contributed by atoms with Gasteiger partial charge in [0, 0.05) is 6.07 Å². The number of nitrogens with zero attached hydrogens (tertiary/aromatic N) is 1. The van der Waals surface area contributed by atoms with E-state index in [2.05, 4.69) is 5.32 Å². The van der Waals surface area contributed by atoms with Crippen LogP contribution < -0.4 is 14.8 Å². The van der Waals surface area contributed by atoms with Crippen LogP contribution >= 0.6 is 11.8 Å². The Morgan fingerprint density at radius 2 is 1.94 bits per heavy atom. The van der Waals surface area contributed by atoms with Crippen LogP contribution in [0, 0.1) is 11.6 Å². The zero-order chi connectivity index (χ0) is 22.5. The van der Waals surface area contributed by atoms with Gasteiger partial charge in [-0.25, -0.2) is 8.78 Å². The van der Waals surface area contributed by atoms with Crippen LogP contribution in [0.15, 0.2) is 41.3 Å². The zero-order valence-corrected chi connectivity index (χ0v) is 17.4. The predicted molar refractivity (Wildman–Crippen MR) is 112 cm³/mol. The largest absolute Gasteiger partial charge is 0.493 e. The second-order valence-electron chi connectivity index (χ2n) is 6.28. The number of imide groups is 1. The molecule has 1 heterocycles. The van der Waals surface area contributed by atoms with Crippen molar-refractivity contribution in [3.8, 4) is 11.5 Å². The summed E-state index contributed by atoms with van der Waals surface area (Å²) in [6, 6.07) is 7.68. The van der Waals surface area contributed by atoms with E-state index < -0.39 is 35.2 Å². The van der Waals surface area contributed by atoms with Gasteiger partial charge in [-0.1, -0.05) is 6.07 Å². The first kappa shape index (κ1) is 22.3. The van der Waals surface area contributed by atoms with E-state index in [4.69, 9.17) is 9.47 Å². The molecular formula is C21H18F2N2O5S. The van der Waals surface area contributed by atoms with Crippen molar-refractivity contribution in [2.75, 3.05) is 25.6 Å². The molecule has 1 aliphatic rings. The number of nitrogens with one attached hydrogen (secondary N) is 1. The average molecular weight is 448 g/mol. The molecule has 0 aromatic heterocycles. The number of carbonyl (C=O) groups is 3. The molecule has 0 bridgehead atoms. The lowest BCUT2D eigenvalue weighted by Gasteiger charge is -2.13. The lowest BCUT2D eigenvalue weighted by Crippen LogP contribution is -2.36. The Kier molecular flexibility index (Phi) is 6.91. The zero-order valence-electron chi connectivity index (χ0n) is 16.6. The third-order valence-electron chi connectivity index (χ3n) is 4.17. The summed E-state index contributed by atoms with van der Waals surface area (Å²) in [5, 5.41) is 1.58. The number of hydrogen-bond donors (Lipinski definition) is 1. The second kappa shape index (κ2) is 9.61. The van der Waals surface area contributed by atoms with Crippen molar-refractivity contribution in [1.82, 2.24) is 4.90 Å². The van der Waals surface area contributed by atoms with Gasteiger partial charge in [0.05, 0.1) is 24.3 Å². The highest BCUT2D eigenvalue weighted by atomic mass is 32.2. The molecule has 1 fully saturated rings. The van der Waals surface area contributed by atoms with Crippen molar-refractivity contribution in [3.05, 3.63) is 58.5 Å². The molecule has 2 aromatic rings. The number of rotatable bonds is 7. The Labute approximate surface area is 181 Å². The van der Waals surface area contributed by atoms with Gasteiger partial charge in [-0.3, -0.25) is 19.3 Å². The van der Waals surface area contributed by atoms with E-state index in [0.29, 0.717) is 41.5 Å². The van der Waals surface area contributed by atoms with Crippen LogP contribution in [0.25, 0.3) is 6.08 Å². The van der Waals surface area contributed by atoms with E-state index in [1.54, 1.807) is 18.2 Å². The number of thioether (sulfide) groups is 1. The summed E-state index contributed by atoms with van der Waals surface area (Å²) in [5.41, 5.74) is 0.350. The molecule has 31 heavy (non-hydrogen) atoms. The van der Waals surface area contributed by atoms with Crippen molar-refractivity contribution in [2.45, 2.75) is 6.92 Å². The number of hydrogen-bond acceptors (Lipinski definition) is 6. The minimum atomic E-state index is -0.966. The first-order valence-corrected chi connectivity index (χ1v) is 9.95. The summed E-state index contributed by atoms with van der Waals surface area (Å²) < 4.78 is 37.4. The Morgan fingerprint density at radius 3 is 2.61 bits per heavy atom. The predicted octanol–water partition coefficient (Wildman–Crippen LogP) is 4.05. The Hall–Kier alpha value is -3.40. The van der Waals surface area contributed by atoms with Gasteiger partial charge in [-0.15, -0.1) is 0 Å². The van der Waals surface area contributed by atoms with Gasteiger partial charge in [0.15, 0.2) is 11.5 Å². The fourth-order valence-electron chi connectivity index (χ4n) is 2.76. The molecule has 7 nitrogen and oxygen atoms in total. The fourth-order valence-corrected chi connectivity index (χ4v) is 3.60. The molecular weight excluding hydrogens is 430 g/mol. The average Bonchev–Trinajstić information content (AvgIpc) is 2.98. The molecule has 1 aliphatic heterocycles. The van der Waals surface area contributed by atoms with Crippen molar-refractivity contribution in [3.63, 3.8) is 0 Å². The molecule has 1 N–H and O–H groups in total. The van der Waals surface area contributed by atoms with Crippen molar-refractivity contribution in [2.24, 2.45) is 0 Å². The van der Waals surface area contributed by atoms with E-state index in [-0.39, 0.29) is 10.6 Å². The summed E-state index contributed by atoms with van der Waals surface area (Å²) in [4.78, 5) is 37.9. The monoisotopic (exact) mass is 448 g/mol. The number of ether oxygens (including phenoxy) is 2. The molecule has 3 amide bonds. The van der Waals surface area contributed by atoms with E-state index >= 15 is 0 Å². The highest BCUT2D eigenvalue weighted by Gasteiger charge is 2.36. The van der Waals surface area contributed by atoms with Crippen LogP contribution in [-0.4, -0.2) is 42.2 Å². The topological polar surface area (TPSA) is 84.9 Å². The molecule has 10 heteroatoms. The SMILES string of the molecule is CCOc1cc(C=C2SC(=O)N(CC(=O)Nc3ccc(F)cc3F)C2=O)ccc1OC. The minimum Gasteiger partial charge on any atom is -0.493 e. The lowest BCUT2D eigenvalue weighted by molar-refractivity contribution is -0.127. The van der Waals surface area contributed by atoms with E-state index in [1.807, 2.05) is 6.92 Å². The van der Waals surface area contributed by atoms with Gasteiger partial charge in [0.25, 0.3) is 11.1 Å². The van der Waals surface area contributed by atoms with Gasteiger partial charge in [0.1, 0.15) is 18.2 Å². The molecule has 0 unspecified atom stereocenters. The van der Waals surface area contributed by atoms with E-state index in [0.717, 1.165) is 17.0 Å². The summed E-state index contributed by atoms with van der Waals surface area (Å²) in [5.74, 6) is -2.20. The third-order valence-corrected chi connectivity index (χ3v) is 5.07. The molecule has 3 rings (SSSR count). The number of benzene rings is 2. The number of halogens is 2. The maximum Gasteiger partial charge on any atom is 0.294 e. The number of methoxy groups -OCH3 is 1. The molecule has 0 aliphatic carbocycles. The lowest BCUT2D eigenvalue weighted by atomic mass is 10.2. The molecule has 0 atom stereocenters. The van der Waals surface area contributed by atoms with Gasteiger partial charge in [-0.2, -0.15) is 0 Å². The normalized spacial score (nSPS) is 14.8. The Bertz CT molecular complexity index is 1070. The first-order valence-electron chi connectivity index (χ1n) is 9.13. The molecule has 1 saturated heterocycles. The van der Waals surface area contributed by atoms with Gasteiger partial charge >= 0.3 is 0 Å². The number of amides is 3. The molecule has 162 valence electrons. The number of carbonyl (C=O) groups excluding carboxylic acids is 3. The van der Waals surface area contributed by atoms with Crippen LogP contribution in [0.5, 0.6) is 11.5 Å². The highest BCUT2D eigenvalue weighted by Crippen LogP contribution is 2.34. The molecule has 0 radical (unpaired) electrons. The van der Waals surface area contributed by atoms with Crippen LogP contribution in [0.4, 0.5) is 19.3 Å². The fraction of sp³-hybridized carbons (Fsp3) is 0.190. The summed E-state index contributed by atoms with van der Waals surface area (Å²) in [7, 11) is 1.51. The third kappa shape index (κ3) is 5.21. The van der Waals surface area contributed by atoms with E-state index in [9.17, 15) is 23.2 Å². The molecule has 2 aromatic carbocycles.